The number of nitrogens with zero attached hydrogens (tertiary/aromatic N) is 2. The molecule has 18 heavy (non-hydrogen) atoms. The molecule has 1 aromatic heterocycles. The van der Waals surface area contributed by atoms with E-state index in [-0.39, 0.29) is 11.6 Å². The van der Waals surface area contributed by atoms with Crippen LogP contribution in [-0.2, 0) is 4.74 Å². The Hall–Kier alpha value is -0.650. The van der Waals surface area contributed by atoms with Crippen molar-refractivity contribution in [3.8, 4) is 0 Å². The van der Waals surface area contributed by atoms with Gasteiger partial charge in [0.25, 0.3) is 0 Å². The molecule has 0 aliphatic heterocycles. The lowest BCUT2D eigenvalue weighted by molar-refractivity contribution is -0.00346. The molecule has 102 valence electrons. The van der Waals surface area contributed by atoms with Gasteiger partial charge in [-0.25, -0.2) is 9.97 Å². The van der Waals surface area contributed by atoms with E-state index >= 15 is 0 Å². The Bertz CT molecular complexity index is 332. The van der Waals surface area contributed by atoms with Gasteiger partial charge < -0.3 is 10.1 Å². The molecule has 0 spiro atoms. The van der Waals surface area contributed by atoms with Gasteiger partial charge in [0.1, 0.15) is 0 Å². The predicted octanol–water partition coefficient (Wildman–Crippen LogP) is 2.36. The summed E-state index contributed by atoms with van der Waals surface area (Å²) in [7, 11) is 1.75. The summed E-state index contributed by atoms with van der Waals surface area (Å²) in [6.45, 7) is 7.37. The van der Waals surface area contributed by atoms with E-state index in [9.17, 15) is 0 Å². The molecule has 0 aromatic carbocycles. The normalized spacial score (nSPS) is 13.6. The first-order valence-electron chi connectivity index (χ1n) is 6.28. The average molecular weight is 269 g/mol. The van der Waals surface area contributed by atoms with Crippen molar-refractivity contribution in [1.82, 2.24) is 15.3 Å². The van der Waals surface area contributed by atoms with Crippen molar-refractivity contribution in [2.75, 3.05) is 19.4 Å². The Morgan fingerprint density at radius 2 is 2.06 bits per heavy atom. The van der Waals surface area contributed by atoms with Crippen LogP contribution in [0, 0.1) is 0 Å². The molecule has 0 saturated carbocycles. The molecule has 4 nitrogen and oxygen atoms in total. The highest BCUT2D eigenvalue weighted by molar-refractivity contribution is 7.99. The van der Waals surface area contributed by atoms with Gasteiger partial charge in [0.15, 0.2) is 5.16 Å². The molecule has 0 bridgehead atoms. The minimum Gasteiger partial charge on any atom is -0.377 e. The van der Waals surface area contributed by atoms with E-state index in [0.29, 0.717) is 0 Å². The number of hydrogen-bond donors (Lipinski definition) is 1. The van der Waals surface area contributed by atoms with Crippen LogP contribution >= 0.6 is 11.8 Å². The molecule has 1 N–H and O–H groups in total. The molecule has 1 atom stereocenters. The maximum absolute atomic E-state index is 5.57. The summed E-state index contributed by atoms with van der Waals surface area (Å²) in [5.41, 5.74) is -0.197. The van der Waals surface area contributed by atoms with Gasteiger partial charge >= 0.3 is 0 Å². The first-order valence-corrected chi connectivity index (χ1v) is 7.27. The zero-order valence-electron chi connectivity index (χ0n) is 11.6. The number of methoxy groups -OCH3 is 1. The monoisotopic (exact) mass is 269 g/mol. The van der Waals surface area contributed by atoms with Crippen LogP contribution in [0.3, 0.4) is 0 Å². The van der Waals surface area contributed by atoms with Gasteiger partial charge in [0, 0.05) is 31.3 Å². The SMILES string of the molecule is CCCNC(CSc1ncccn1)C(C)(C)OC. The Balaban J connectivity index is 2.56. The highest BCUT2D eigenvalue weighted by atomic mass is 32.2. The van der Waals surface area contributed by atoms with Crippen LogP contribution in [-0.4, -0.2) is 41.0 Å². The summed E-state index contributed by atoms with van der Waals surface area (Å²) < 4.78 is 5.57. The molecular formula is C13H23N3OS. The number of hydrogen-bond acceptors (Lipinski definition) is 5. The lowest BCUT2D eigenvalue weighted by Gasteiger charge is -2.33. The maximum Gasteiger partial charge on any atom is 0.187 e. The van der Waals surface area contributed by atoms with Crippen molar-refractivity contribution in [2.45, 2.75) is 44.0 Å². The molecule has 0 amide bonds. The van der Waals surface area contributed by atoms with E-state index in [1.165, 1.54) is 0 Å². The number of aromatic nitrogens is 2. The zero-order chi connectivity index (χ0) is 13.4. The third-order valence-electron chi connectivity index (χ3n) is 2.93. The van der Waals surface area contributed by atoms with Gasteiger partial charge in [-0.1, -0.05) is 18.7 Å². The average Bonchev–Trinajstić information content (AvgIpc) is 2.39. The number of rotatable bonds is 8. The molecule has 1 unspecified atom stereocenters. The van der Waals surface area contributed by atoms with Crippen LogP contribution in [0.1, 0.15) is 27.2 Å². The zero-order valence-corrected chi connectivity index (χ0v) is 12.5. The van der Waals surface area contributed by atoms with Gasteiger partial charge in [-0.3, -0.25) is 0 Å². The quantitative estimate of drug-likeness (QED) is 0.580. The Morgan fingerprint density at radius 3 is 2.61 bits per heavy atom. The van der Waals surface area contributed by atoms with Crippen LogP contribution in [0.4, 0.5) is 0 Å². The summed E-state index contributed by atoms with van der Waals surface area (Å²) in [5.74, 6) is 0.894. The van der Waals surface area contributed by atoms with E-state index in [1.807, 2.05) is 6.07 Å². The lowest BCUT2D eigenvalue weighted by atomic mass is 10.0. The minimum atomic E-state index is -0.197. The summed E-state index contributed by atoms with van der Waals surface area (Å²) in [6, 6.07) is 2.10. The fraction of sp³-hybridized carbons (Fsp3) is 0.692. The summed E-state index contributed by atoms with van der Waals surface area (Å²) in [4.78, 5) is 8.44. The van der Waals surface area contributed by atoms with Crippen LogP contribution in [0.25, 0.3) is 0 Å². The largest absolute Gasteiger partial charge is 0.377 e. The third-order valence-corrected chi connectivity index (χ3v) is 3.90. The Morgan fingerprint density at radius 1 is 1.39 bits per heavy atom. The van der Waals surface area contributed by atoms with E-state index < -0.39 is 0 Å². The van der Waals surface area contributed by atoms with Gasteiger partial charge in [0.05, 0.1) is 5.60 Å². The first-order chi connectivity index (χ1) is 8.60. The summed E-state index contributed by atoms with van der Waals surface area (Å²) in [6.07, 6.45) is 4.65. The molecule has 1 heterocycles. The second-order valence-electron chi connectivity index (χ2n) is 4.66. The molecule has 0 radical (unpaired) electrons. The molecule has 0 saturated heterocycles. The number of nitrogens with one attached hydrogen (secondary N) is 1. The number of thioether (sulfide) groups is 1. The van der Waals surface area contributed by atoms with Gasteiger partial charge in [-0.05, 0) is 32.9 Å². The second-order valence-corrected chi connectivity index (χ2v) is 5.64. The summed E-state index contributed by atoms with van der Waals surface area (Å²) >= 11 is 1.66. The van der Waals surface area contributed by atoms with E-state index in [4.69, 9.17) is 4.74 Å². The summed E-state index contributed by atoms with van der Waals surface area (Å²) in [5, 5.41) is 4.34. The van der Waals surface area contributed by atoms with Crippen molar-refractivity contribution in [3.05, 3.63) is 18.5 Å². The van der Waals surface area contributed by atoms with Crippen molar-refractivity contribution in [3.63, 3.8) is 0 Å². The number of ether oxygens (including phenoxy) is 1. The lowest BCUT2D eigenvalue weighted by Crippen LogP contribution is -2.50. The topological polar surface area (TPSA) is 47.0 Å². The van der Waals surface area contributed by atoms with Gasteiger partial charge in [-0.15, -0.1) is 0 Å². The molecular weight excluding hydrogens is 246 g/mol. The van der Waals surface area contributed by atoms with Gasteiger partial charge in [-0.2, -0.15) is 0 Å². The molecule has 0 aliphatic rings. The Kier molecular flexibility index (Phi) is 6.60. The van der Waals surface area contributed by atoms with Crippen LogP contribution < -0.4 is 5.32 Å². The smallest absolute Gasteiger partial charge is 0.187 e. The molecule has 0 aliphatic carbocycles. The maximum atomic E-state index is 5.57. The van der Waals surface area contributed by atoms with Crippen molar-refractivity contribution in [1.29, 1.82) is 0 Å². The fourth-order valence-corrected chi connectivity index (χ4v) is 2.59. The van der Waals surface area contributed by atoms with E-state index in [1.54, 1.807) is 31.3 Å². The minimum absolute atomic E-state index is 0.197. The first kappa shape index (κ1) is 15.4. The Labute approximate surface area is 114 Å². The van der Waals surface area contributed by atoms with Crippen LogP contribution in [0.2, 0.25) is 0 Å². The second kappa shape index (κ2) is 7.71. The highest BCUT2D eigenvalue weighted by Gasteiger charge is 2.28. The fourth-order valence-electron chi connectivity index (χ4n) is 1.48. The van der Waals surface area contributed by atoms with Crippen LogP contribution in [0.5, 0.6) is 0 Å². The van der Waals surface area contributed by atoms with Crippen molar-refractivity contribution >= 4 is 11.8 Å². The molecule has 1 aromatic rings. The molecule has 5 heteroatoms. The van der Waals surface area contributed by atoms with E-state index in [0.717, 1.165) is 23.9 Å². The molecule has 0 fully saturated rings. The highest BCUT2D eigenvalue weighted by Crippen LogP contribution is 2.21. The van der Waals surface area contributed by atoms with Crippen LogP contribution in [0.15, 0.2) is 23.6 Å². The third kappa shape index (κ3) is 4.92. The predicted molar refractivity (Wildman–Crippen MR) is 75.9 cm³/mol. The standard InChI is InChI=1S/C13H23N3OS/c1-5-7-14-11(13(2,3)17-4)10-18-12-15-8-6-9-16-12/h6,8-9,11,14H,5,7,10H2,1-4H3. The van der Waals surface area contributed by atoms with E-state index in [2.05, 4.69) is 36.1 Å². The van der Waals surface area contributed by atoms with Gasteiger partial charge in [0.2, 0.25) is 0 Å². The van der Waals surface area contributed by atoms with Crippen molar-refractivity contribution < 1.29 is 4.74 Å². The van der Waals surface area contributed by atoms with Crippen molar-refractivity contribution in [2.24, 2.45) is 0 Å². The molecule has 1 rings (SSSR count).